The highest BCUT2D eigenvalue weighted by Crippen LogP contribution is 2.07. The second kappa shape index (κ2) is 5.58. The van der Waals surface area contributed by atoms with Crippen LogP contribution in [-0.4, -0.2) is 17.8 Å². The molecule has 1 atom stereocenters. The summed E-state index contributed by atoms with van der Waals surface area (Å²) in [7, 11) is 0. The first-order valence-corrected chi connectivity index (χ1v) is 4.68. The van der Waals surface area contributed by atoms with E-state index in [9.17, 15) is 0 Å². The molecule has 0 aromatic heterocycles. The smallest absolute Gasteiger partial charge is 0.0780 e. The highest BCUT2D eigenvalue weighted by molar-refractivity contribution is 5.13. The first-order chi connectivity index (χ1) is 6.74. The lowest BCUT2D eigenvalue weighted by atomic mass is 10.2. The maximum absolute atomic E-state index is 8.82. The van der Waals surface area contributed by atoms with Crippen molar-refractivity contribution in [2.45, 2.75) is 19.6 Å². The van der Waals surface area contributed by atoms with Gasteiger partial charge in [0.2, 0.25) is 0 Å². The van der Waals surface area contributed by atoms with Crippen LogP contribution in [0.3, 0.4) is 0 Å². The van der Waals surface area contributed by atoms with E-state index < -0.39 is 0 Å². The van der Waals surface area contributed by atoms with Crippen LogP contribution in [0.1, 0.15) is 12.5 Å². The van der Waals surface area contributed by atoms with Gasteiger partial charge in [-0.3, -0.25) is 0 Å². The summed E-state index contributed by atoms with van der Waals surface area (Å²) in [5, 5.41) is 8.82. The van der Waals surface area contributed by atoms with Crippen molar-refractivity contribution in [3.05, 3.63) is 48.0 Å². The van der Waals surface area contributed by atoms with Crippen molar-refractivity contribution in [3.8, 4) is 0 Å². The Morgan fingerprint density at radius 3 is 2.64 bits per heavy atom. The van der Waals surface area contributed by atoms with Gasteiger partial charge in [0, 0.05) is 0 Å². The van der Waals surface area contributed by atoms with Crippen LogP contribution >= 0.6 is 0 Å². The van der Waals surface area contributed by atoms with E-state index in [2.05, 4.69) is 6.58 Å². The summed E-state index contributed by atoms with van der Waals surface area (Å²) in [6.45, 7) is 6.14. The van der Waals surface area contributed by atoms with Gasteiger partial charge in [-0.25, -0.2) is 0 Å². The number of hydrogen-bond acceptors (Lipinski definition) is 2. The van der Waals surface area contributed by atoms with Gasteiger partial charge >= 0.3 is 0 Å². The Labute approximate surface area is 84.8 Å². The average molecular weight is 192 g/mol. The Bertz CT molecular complexity index is 280. The lowest BCUT2D eigenvalue weighted by molar-refractivity contribution is 0.0694. The highest BCUT2D eigenvalue weighted by Gasteiger charge is 2.05. The van der Waals surface area contributed by atoms with Crippen molar-refractivity contribution in [2.75, 3.05) is 6.61 Å². The van der Waals surface area contributed by atoms with Gasteiger partial charge in [0.05, 0.1) is 19.3 Å². The molecule has 76 valence electrons. The van der Waals surface area contributed by atoms with Gasteiger partial charge < -0.3 is 9.84 Å². The molecule has 0 bridgehead atoms. The van der Waals surface area contributed by atoms with Gasteiger partial charge in [-0.1, -0.05) is 36.9 Å². The molecule has 1 aromatic rings. The van der Waals surface area contributed by atoms with Crippen molar-refractivity contribution in [1.82, 2.24) is 0 Å². The third-order valence-corrected chi connectivity index (χ3v) is 2.12. The summed E-state index contributed by atoms with van der Waals surface area (Å²) in [6, 6.07) is 9.94. The molecule has 0 aliphatic rings. The summed E-state index contributed by atoms with van der Waals surface area (Å²) in [4.78, 5) is 0. The maximum atomic E-state index is 8.82. The zero-order valence-electron chi connectivity index (χ0n) is 8.44. The summed E-state index contributed by atoms with van der Waals surface area (Å²) in [6.07, 6.45) is -0.0970. The minimum atomic E-state index is -0.0970. The molecular weight excluding hydrogens is 176 g/mol. The van der Waals surface area contributed by atoms with Gasteiger partial charge in [0.1, 0.15) is 0 Å². The molecule has 1 aromatic carbocycles. The molecule has 1 N–H and O–H groups in total. The van der Waals surface area contributed by atoms with Crippen LogP contribution in [0.2, 0.25) is 0 Å². The lowest BCUT2D eigenvalue weighted by Crippen LogP contribution is -2.13. The molecule has 0 fully saturated rings. The molecule has 0 saturated heterocycles. The first kappa shape index (κ1) is 11.0. The average Bonchev–Trinajstić information content (AvgIpc) is 2.26. The highest BCUT2D eigenvalue weighted by atomic mass is 16.5. The molecular formula is C12H16O2. The summed E-state index contributed by atoms with van der Waals surface area (Å²) < 4.78 is 5.52. The minimum absolute atomic E-state index is 0.0179. The number of hydrogen-bond donors (Lipinski definition) is 1. The Balaban J connectivity index is 2.38. The standard InChI is InChI=1S/C12H16O2/c1-10(8-13)11(2)14-9-12-6-4-3-5-7-12/h3-7,11,13H,1,8-9H2,2H3/t11-/m0/s1. The van der Waals surface area contributed by atoms with Crippen LogP contribution in [0.15, 0.2) is 42.5 Å². The molecule has 0 aliphatic heterocycles. The number of ether oxygens (including phenoxy) is 1. The Kier molecular flexibility index (Phi) is 4.36. The van der Waals surface area contributed by atoms with E-state index in [1.807, 2.05) is 37.3 Å². The van der Waals surface area contributed by atoms with Crippen LogP contribution in [0, 0.1) is 0 Å². The van der Waals surface area contributed by atoms with E-state index in [1.54, 1.807) is 0 Å². The topological polar surface area (TPSA) is 29.5 Å². The van der Waals surface area contributed by atoms with Crippen molar-refractivity contribution < 1.29 is 9.84 Å². The molecule has 0 radical (unpaired) electrons. The van der Waals surface area contributed by atoms with E-state index in [4.69, 9.17) is 9.84 Å². The molecule has 0 aliphatic carbocycles. The second-order valence-electron chi connectivity index (χ2n) is 3.26. The fraction of sp³-hybridized carbons (Fsp3) is 0.333. The molecule has 0 unspecified atom stereocenters. The van der Waals surface area contributed by atoms with Crippen LogP contribution < -0.4 is 0 Å². The molecule has 14 heavy (non-hydrogen) atoms. The molecule has 2 nitrogen and oxygen atoms in total. The van der Waals surface area contributed by atoms with E-state index in [-0.39, 0.29) is 12.7 Å². The molecule has 0 saturated carbocycles. The third kappa shape index (κ3) is 3.32. The predicted molar refractivity (Wildman–Crippen MR) is 56.9 cm³/mol. The molecule has 0 amide bonds. The van der Waals surface area contributed by atoms with Gasteiger partial charge in [0.25, 0.3) is 0 Å². The van der Waals surface area contributed by atoms with Crippen LogP contribution in [-0.2, 0) is 11.3 Å². The Morgan fingerprint density at radius 1 is 1.43 bits per heavy atom. The summed E-state index contributed by atoms with van der Waals surface area (Å²) in [5.74, 6) is 0. The predicted octanol–water partition coefficient (Wildman–Crippen LogP) is 2.14. The monoisotopic (exact) mass is 192 g/mol. The van der Waals surface area contributed by atoms with Crippen molar-refractivity contribution >= 4 is 0 Å². The SMILES string of the molecule is C=C(CO)[C@H](C)OCc1ccccc1. The van der Waals surface area contributed by atoms with E-state index in [0.29, 0.717) is 12.2 Å². The third-order valence-electron chi connectivity index (χ3n) is 2.12. The normalized spacial score (nSPS) is 12.4. The van der Waals surface area contributed by atoms with Crippen LogP contribution in [0.5, 0.6) is 0 Å². The number of aliphatic hydroxyl groups excluding tert-OH is 1. The lowest BCUT2D eigenvalue weighted by Gasteiger charge is -2.13. The number of aliphatic hydroxyl groups is 1. The molecule has 0 spiro atoms. The van der Waals surface area contributed by atoms with Gasteiger partial charge in [-0.2, -0.15) is 0 Å². The van der Waals surface area contributed by atoms with Crippen molar-refractivity contribution in [3.63, 3.8) is 0 Å². The molecule has 1 rings (SSSR count). The summed E-state index contributed by atoms with van der Waals surface area (Å²) >= 11 is 0. The van der Waals surface area contributed by atoms with Gasteiger partial charge in [0.15, 0.2) is 0 Å². The quantitative estimate of drug-likeness (QED) is 0.724. The zero-order valence-corrected chi connectivity index (χ0v) is 8.44. The van der Waals surface area contributed by atoms with E-state index >= 15 is 0 Å². The van der Waals surface area contributed by atoms with E-state index in [1.165, 1.54) is 0 Å². The fourth-order valence-electron chi connectivity index (χ4n) is 1.04. The summed E-state index contributed by atoms with van der Waals surface area (Å²) in [5.41, 5.74) is 1.84. The largest absolute Gasteiger partial charge is 0.392 e. The maximum Gasteiger partial charge on any atom is 0.0780 e. The van der Waals surface area contributed by atoms with Crippen LogP contribution in [0.25, 0.3) is 0 Å². The minimum Gasteiger partial charge on any atom is -0.392 e. The molecule has 2 heteroatoms. The van der Waals surface area contributed by atoms with Crippen molar-refractivity contribution in [2.24, 2.45) is 0 Å². The van der Waals surface area contributed by atoms with Crippen LogP contribution in [0.4, 0.5) is 0 Å². The van der Waals surface area contributed by atoms with Crippen molar-refractivity contribution in [1.29, 1.82) is 0 Å². The second-order valence-corrected chi connectivity index (χ2v) is 3.26. The van der Waals surface area contributed by atoms with E-state index in [0.717, 1.165) is 5.56 Å². The van der Waals surface area contributed by atoms with Gasteiger partial charge in [-0.05, 0) is 18.1 Å². The number of rotatable bonds is 5. The Hall–Kier alpha value is -1.12. The van der Waals surface area contributed by atoms with Gasteiger partial charge in [-0.15, -0.1) is 0 Å². The first-order valence-electron chi connectivity index (χ1n) is 4.68. The zero-order chi connectivity index (χ0) is 10.4. The number of benzene rings is 1. The fourth-order valence-corrected chi connectivity index (χ4v) is 1.04. The Morgan fingerprint density at radius 2 is 2.07 bits per heavy atom. The molecule has 0 heterocycles.